The van der Waals surface area contributed by atoms with Crippen molar-refractivity contribution in [1.29, 1.82) is 0 Å². The third-order valence-electron chi connectivity index (χ3n) is 18.5. The van der Waals surface area contributed by atoms with Crippen molar-refractivity contribution in [1.82, 2.24) is 48.4 Å². The Bertz CT molecular complexity index is 5100. The lowest BCUT2D eigenvalue weighted by Crippen LogP contribution is -2.42. The molecule has 8 aromatic heterocycles. The van der Waals surface area contributed by atoms with Crippen LogP contribution in [0.15, 0.2) is 175 Å². The summed E-state index contributed by atoms with van der Waals surface area (Å²) >= 11 is 13.4. The quantitative estimate of drug-likeness (QED) is 0.0721. The number of pyridine rings is 8. The lowest BCUT2D eigenvalue weighted by Gasteiger charge is -2.36. The molecule has 3 N–H and O–H groups in total. The zero-order valence-electron chi connectivity index (χ0n) is 58.4. The molecule has 13 rings (SSSR count). The van der Waals surface area contributed by atoms with E-state index in [0.717, 1.165) is 47.6 Å². The fraction of sp³-hybridized carbons (Fsp3) is 0.307. The number of nitrogens with zero attached hydrogens (tertiary/aromatic N) is 12. The second-order valence-electron chi connectivity index (χ2n) is 24.9. The van der Waals surface area contributed by atoms with E-state index in [9.17, 15) is 36.0 Å². The number of nitrogen functional groups attached to an aromatic ring is 1. The van der Waals surface area contributed by atoms with Crippen molar-refractivity contribution in [3.63, 3.8) is 0 Å². The third-order valence-corrected chi connectivity index (χ3v) is 21.4. The van der Waals surface area contributed by atoms with E-state index >= 15 is 0 Å². The van der Waals surface area contributed by atoms with Crippen molar-refractivity contribution in [2.75, 3.05) is 94.0 Å². The monoisotopic (exact) mass is 1480 g/mol. The van der Waals surface area contributed by atoms with Crippen LogP contribution in [0.25, 0.3) is 66.1 Å². The van der Waals surface area contributed by atoms with Crippen molar-refractivity contribution in [3.8, 4) is 33.4 Å². The first-order chi connectivity index (χ1) is 48.9. The summed E-state index contributed by atoms with van der Waals surface area (Å²) in [7, 11) is 6.03. The molecule has 2 unspecified atom stereocenters. The highest BCUT2D eigenvalue weighted by atomic mass is 35.5. The lowest BCUT2D eigenvalue weighted by molar-refractivity contribution is 0.253. The molecular formula is C75H81Cl2F3N14O5S3. The highest BCUT2D eigenvalue weighted by molar-refractivity contribution is 7.98. The molecule has 10 heterocycles. The first kappa shape index (κ1) is 75.8. The molecule has 27 heteroatoms. The number of hydrogen-bond acceptors (Lipinski definition) is 17. The van der Waals surface area contributed by atoms with Crippen LogP contribution in [0.4, 0.5) is 42.0 Å². The standard InChI is InChI=1S/C29H33FN6O2S.C17H14ClFN2O2S.C17H14ClFN2OS.C12H20N4/c1-5-36-26-16-28(33-27-9-6-21(18-32-27)35(3)20-10-12-34(2)13-11-20)31-17-19(26)14-24(29(36)37)23-15-22(39(4)38)7-8-25(23)30;1-3-21-15-8-16(18)20-9-10(15)6-13(17(21)22)12-7-11(24(2)23)4-5-14(12)19;1-3-21-15-8-16(18)20-9-10(15)6-13(17(21)22)12-7-11(23-2)4-5-14(12)19;1-15-7-5-10(6-8-15)16(2)11-3-4-12(13)14-9-11/h6-9,14-18,20H,5,10-13H2,1-4H3,(H,31,32,33);4-9H,3H2,1-2H3;4-9H,3H2,1-2H3;3-4,9-10H,5-8H2,1-2H3,(H2,13,14). The van der Waals surface area contributed by atoms with Crippen molar-refractivity contribution in [2.45, 2.75) is 92.9 Å². The lowest BCUT2D eigenvalue weighted by atomic mass is 10.0. The molecule has 19 nitrogen and oxygen atoms in total. The summed E-state index contributed by atoms with van der Waals surface area (Å²) in [6.07, 6.45) is 18.2. The van der Waals surface area contributed by atoms with Gasteiger partial charge in [-0.2, -0.15) is 0 Å². The molecule has 2 aliphatic rings. The summed E-state index contributed by atoms with van der Waals surface area (Å²) in [5.74, 6) is 0.297. The molecule has 0 saturated carbocycles. The van der Waals surface area contributed by atoms with Gasteiger partial charge in [0.05, 0.1) is 57.0 Å². The minimum Gasteiger partial charge on any atom is -0.384 e. The Kier molecular flexibility index (Phi) is 25.3. The molecule has 2 fully saturated rings. The Morgan fingerprint density at radius 1 is 0.500 bits per heavy atom. The Hall–Kier alpha value is -8.82. The highest BCUT2D eigenvalue weighted by Gasteiger charge is 2.24. The molecule has 2 aliphatic heterocycles. The SMILES string of the molecule is CCn1c(=O)c(-c2cc(S(C)=O)ccc2F)cc2cnc(Cl)cc21.CCn1c(=O)c(-c2cc(S(C)=O)ccc2F)cc2cnc(Nc3ccc(N(C)C4CCN(C)CC4)cn3)cc21.CCn1c(=O)c(-c2cc(SC)ccc2F)cc2cnc(Cl)cc21.CN1CCC(N(C)c2ccc(N)nc2)CC1. The predicted molar refractivity (Wildman–Crippen MR) is 412 cm³/mol. The number of aromatic nitrogens is 8. The van der Waals surface area contributed by atoms with Crippen LogP contribution in [-0.2, 0) is 41.2 Å². The fourth-order valence-electron chi connectivity index (χ4n) is 12.6. The van der Waals surface area contributed by atoms with Gasteiger partial charge >= 0.3 is 0 Å². The predicted octanol–water partition coefficient (Wildman–Crippen LogP) is 14.0. The van der Waals surface area contributed by atoms with Gasteiger partial charge in [-0.3, -0.25) is 22.8 Å². The van der Waals surface area contributed by atoms with E-state index < -0.39 is 39.1 Å². The Morgan fingerprint density at radius 2 is 0.882 bits per heavy atom. The summed E-state index contributed by atoms with van der Waals surface area (Å²) in [6.45, 7) is 11.4. The molecule has 0 amide bonds. The number of nitrogens with two attached hydrogens (primary N) is 1. The molecule has 2 atom stereocenters. The number of thioether (sulfide) groups is 1. The normalized spacial score (nSPS) is 14.3. The number of fused-ring (bicyclic) bond motifs is 3. The van der Waals surface area contributed by atoms with Crippen LogP contribution >= 0.6 is 35.0 Å². The van der Waals surface area contributed by atoms with Crippen molar-refractivity contribution < 1.29 is 21.6 Å². The molecule has 3 aromatic carbocycles. The second kappa shape index (κ2) is 34.0. The van der Waals surface area contributed by atoms with Gasteiger partial charge in [0.1, 0.15) is 45.2 Å². The molecule has 0 spiro atoms. The summed E-state index contributed by atoms with van der Waals surface area (Å²) in [6, 6.07) is 32.1. The van der Waals surface area contributed by atoms with Crippen LogP contribution in [0.5, 0.6) is 0 Å². The van der Waals surface area contributed by atoms with Crippen LogP contribution in [0.3, 0.4) is 0 Å². The zero-order valence-corrected chi connectivity index (χ0v) is 62.4. The first-order valence-corrected chi connectivity index (χ1v) is 38.3. The van der Waals surface area contributed by atoms with Gasteiger partial charge in [0, 0.05) is 152 Å². The molecule has 11 aromatic rings. The van der Waals surface area contributed by atoms with Gasteiger partial charge in [-0.1, -0.05) is 23.2 Å². The molecule has 0 aliphatic carbocycles. The van der Waals surface area contributed by atoms with E-state index in [-0.39, 0.29) is 44.1 Å². The number of rotatable bonds is 15. The molecule has 0 radical (unpaired) electrons. The van der Waals surface area contributed by atoms with Crippen molar-refractivity contribution in [2.24, 2.45) is 0 Å². The minimum atomic E-state index is -1.30. The van der Waals surface area contributed by atoms with Gasteiger partial charge in [-0.15, -0.1) is 11.8 Å². The summed E-state index contributed by atoms with van der Waals surface area (Å²) in [5, 5.41) is 5.97. The Labute approximate surface area is 609 Å². The average Bonchev–Trinajstić information content (AvgIpc) is 0.778. The number of anilines is 5. The van der Waals surface area contributed by atoms with Crippen molar-refractivity contribution in [3.05, 3.63) is 205 Å². The first-order valence-electron chi connectivity index (χ1n) is 33.2. The fourth-order valence-corrected chi connectivity index (χ4v) is 14.4. The van der Waals surface area contributed by atoms with Crippen LogP contribution in [0.2, 0.25) is 10.3 Å². The maximum Gasteiger partial charge on any atom is 0.259 e. The molecule has 102 heavy (non-hydrogen) atoms. The van der Waals surface area contributed by atoms with E-state index in [1.54, 1.807) is 76.3 Å². The van der Waals surface area contributed by atoms with Crippen LogP contribution < -0.4 is 37.5 Å². The zero-order chi connectivity index (χ0) is 73.2. The maximum atomic E-state index is 14.8. The second-order valence-corrected chi connectivity index (χ2v) is 29.3. The Morgan fingerprint density at radius 3 is 1.26 bits per heavy atom. The average molecular weight is 1480 g/mol. The van der Waals surface area contributed by atoms with E-state index in [0.29, 0.717) is 103 Å². The topological polar surface area (TPSA) is 216 Å². The maximum absolute atomic E-state index is 14.8. The van der Waals surface area contributed by atoms with Gasteiger partial charge < -0.3 is 44.4 Å². The van der Waals surface area contributed by atoms with E-state index in [1.807, 2.05) is 57.6 Å². The number of nitrogens with one attached hydrogen (secondary N) is 1. The highest BCUT2D eigenvalue weighted by Crippen LogP contribution is 2.32. The molecule has 2 saturated heterocycles. The molecule has 534 valence electrons. The number of likely N-dealkylation sites (tertiary alicyclic amines) is 2. The van der Waals surface area contributed by atoms with Gasteiger partial charge in [0.15, 0.2) is 0 Å². The summed E-state index contributed by atoms with van der Waals surface area (Å²) < 4.78 is 71.7. The summed E-state index contributed by atoms with van der Waals surface area (Å²) in [4.78, 5) is 71.6. The van der Waals surface area contributed by atoms with Crippen molar-refractivity contribution >= 4 is 118 Å². The van der Waals surface area contributed by atoms with E-state index in [4.69, 9.17) is 28.9 Å². The number of piperidine rings is 2. The van der Waals surface area contributed by atoms with Gasteiger partial charge in [0.2, 0.25) is 0 Å². The van der Waals surface area contributed by atoms with Crippen LogP contribution in [-0.4, -0.2) is 142 Å². The largest absolute Gasteiger partial charge is 0.384 e. The smallest absolute Gasteiger partial charge is 0.259 e. The van der Waals surface area contributed by atoms with Gasteiger partial charge in [-0.05, 0) is 202 Å². The molecule has 0 bridgehead atoms. The minimum absolute atomic E-state index is 0.131. The number of hydrogen-bond donors (Lipinski definition) is 2. The number of halogens is 5. The summed E-state index contributed by atoms with van der Waals surface area (Å²) in [5.41, 5.74) is 10.3. The molecular weight excluding hydrogens is 1400 g/mol. The third kappa shape index (κ3) is 17.6. The van der Waals surface area contributed by atoms with E-state index in [2.05, 4.69) is 84.1 Å². The van der Waals surface area contributed by atoms with Crippen LogP contribution in [0.1, 0.15) is 46.5 Å². The number of aryl methyl sites for hydroxylation is 3. The van der Waals surface area contributed by atoms with Crippen LogP contribution in [0, 0.1) is 17.5 Å². The Balaban J connectivity index is 0.000000154. The number of benzene rings is 3. The van der Waals surface area contributed by atoms with Gasteiger partial charge in [0.25, 0.3) is 16.7 Å². The van der Waals surface area contributed by atoms with Gasteiger partial charge in [-0.25, -0.2) is 38.1 Å². The van der Waals surface area contributed by atoms with E-state index in [1.165, 1.54) is 97.2 Å².